The lowest BCUT2D eigenvalue weighted by Crippen LogP contribution is -2.32. The highest BCUT2D eigenvalue weighted by Gasteiger charge is 2.43. The van der Waals surface area contributed by atoms with Crippen molar-refractivity contribution in [3.8, 4) is 11.5 Å². The first-order valence-corrected chi connectivity index (χ1v) is 9.98. The summed E-state index contributed by atoms with van der Waals surface area (Å²) >= 11 is 7.20. The van der Waals surface area contributed by atoms with Gasteiger partial charge < -0.3 is 9.84 Å². The van der Waals surface area contributed by atoms with Gasteiger partial charge in [-0.15, -0.1) is 0 Å². The number of ether oxygens (including phenoxy) is 1. The molecule has 1 aliphatic heterocycles. The van der Waals surface area contributed by atoms with Crippen LogP contribution in [0.4, 0.5) is 0 Å². The van der Waals surface area contributed by atoms with Crippen LogP contribution in [0.5, 0.6) is 11.5 Å². The van der Waals surface area contributed by atoms with Gasteiger partial charge in [-0.25, -0.2) is 0 Å². The minimum Gasteiger partial charge on any atom is -0.456 e. The summed E-state index contributed by atoms with van der Waals surface area (Å²) in [7, 11) is 0. The van der Waals surface area contributed by atoms with Gasteiger partial charge in [-0.3, -0.25) is 0 Å². The maximum absolute atomic E-state index is 12.0. The summed E-state index contributed by atoms with van der Waals surface area (Å²) in [4.78, 5) is 0. The molecule has 0 radical (unpaired) electrons. The monoisotopic (exact) mass is 472 g/mol. The molecule has 26 heavy (non-hydrogen) atoms. The van der Waals surface area contributed by atoms with Crippen molar-refractivity contribution in [1.29, 1.82) is 0 Å². The maximum Gasteiger partial charge on any atom is 0.147 e. The third-order valence-electron chi connectivity index (χ3n) is 4.99. The molecule has 1 N–H and O–H groups in total. The molecule has 4 heteroatoms. The zero-order valence-corrected chi connectivity index (χ0v) is 17.9. The highest BCUT2D eigenvalue weighted by atomic mass is 79.9. The molecular weight excluding hydrogens is 456 g/mol. The Morgan fingerprint density at radius 2 is 1.23 bits per heavy atom. The average Bonchev–Trinajstić information content (AvgIpc) is 2.60. The lowest BCUT2D eigenvalue weighted by molar-refractivity contribution is 0.112. The molecule has 0 aliphatic carbocycles. The van der Waals surface area contributed by atoms with Crippen LogP contribution in [-0.2, 0) is 5.60 Å². The number of halogens is 2. The number of hydrogen-bond acceptors (Lipinski definition) is 2. The number of aliphatic hydroxyl groups is 1. The van der Waals surface area contributed by atoms with Crippen molar-refractivity contribution in [1.82, 2.24) is 0 Å². The fraction of sp³-hybridized carbons (Fsp3) is 0.182. The molecule has 3 aromatic rings. The van der Waals surface area contributed by atoms with Crippen molar-refractivity contribution in [3.05, 3.63) is 90.9 Å². The van der Waals surface area contributed by atoms with E-state index in [4.69, 9.17) is 4.74 Å². The van der Waals surface area contributed by atoms with Crippen LogP contribution in [0.25, 0.3) is 0 Å². The standard InChI is InChI=1S/C22H18Br2O2/c1-12-4-6-15(7-5-12)22(25)16-10-18(23)13(2)8-20(16)26-21-9-14(3)19(24)11-17(21)22/h4-11,25H,1-3H3. The van der Waals surface area contributed by atoms with Crippen LogP contribution in [0.15, 0.2) is 57.5 Å². The smallest absolute Gasteiger partial charge is 0.147 e. The Balaban J connectivity index is 2.08. The second-order valence-electron chi connectivity index (χ2n) is 6.87. The molecule has 0 spiro atoms. The van der Waals surface area contributed by atoms with E-state index in [1.54, 1.807) is 0 Å². The largest absolute Gasteiger partial charge is 0.456 e. The van der Waals surface area contributed by atoms with Crippen LogP contribution in [-0.4, -0.2) is 5.11 Å². The normalized spacial score (nSPS) is 14.4. The molecule has 132 valence electrons. The summed E-state index contributed by atoms with van der Waals surface area (Å²) in [5.74, 6) is 1.37. The van der Waals surface area contributed by atoms with E-state index in [1.165, 1.54) is 0 Å². The van der Waals surface area contributed by atoms with Gasteiger partial charge in [0, 0.05) is 20.1 Å². The molecular formula is C22H18Br2O2. The minimum atomic E-state index is -1.29. The number of aryl methyl sites for hydroxylation is 3. The molecule has 0 saturated heterocycles. The maximum atomic E-state index is 12.0. The number of fused-ring (bicyclic) bond motifs is 2. The molecule has 1 heterocycles. The molecule has 0 saturated carbocycles. The van der Waals surface area contributed by atoms with E-state index in [0.29, 0.717) is 11.5 Å². The Morgan fingerprint density at radius 1 is 0.769 bits per heavy atom. The summed E-state index contributed by atoms with van der Waals surface area (Å²) in [6.45, 7) is 6.07. The summed E-state index contributed by atoms with van der Waals surface area (Å²) in [5, 5.41) is 12.0. The summed E-state index contributed by atoms with van der Waals surface area (Å²) in [6.07, 6.45) is 0. The van der Waals surface area contributed by atoms with E-state index < -0.39 is 5.60 Å². The quantitative estimate of drug-likeness (QED) is 0.435. The van der Waals surface area contributed by atoms with Crippen molar-refractivity contribution in [2.45, 2.75) is 26.4 Å². The molecule has 0 fully saturated rings. The number of benzene rings is 3. The molecule has 0 atom stereocenters. The zero-order valence-electron chi connectivity index (χ0n) is 14.7. The van der Waals surface area contributed by atoms with Crippen molar-refractivity contribution in [2.75, 3.05) is 0 Å². The Hall–Kier alpha value is -1.62. The lowest BCUT2D eigenvalue weighted by Gasteiger charge is -2.37. The van der Waals surface area contributed by atoms with Crippen LogP contribution in [0, 0.1) is 20.8 Å². The summed E-state index contributed by atoms with van der Waals surface area (Å²) in [5.41, 5.74) is 4.28. The van der Waals surface area contributed by atoms with Crippen LogP contribution in [0.1, 0.15) is 33.4 Å². The van der Waals surface area contributed by atoms with Crippen molar-refractivity contribution in [2.24, 2.45) is 0 Å². The van der Waals surface area contributed by atoms with Gasteiger partial charge in [0.15, 0.2) is 0 Å². The predicted octanol–water partition coefficient (Wildman–Crippen LogP) is 6.53. The van der Waals surface area contributed by atoms with Gasteiger partial charge in [0.25, 0.3) is 0 Å². The average molecular weight is 474 g/mol. The second kappa shape index (κ2) is 6.22. The van der Waals surface area contributed by atoms with Gasteiger partial charge >= 0.3 is 0 Å². The Bertz CT molecular complexity index is 966. The van der Waals surface area contributed by atoms with Crippen molar-refractivity contribution in [3.63, 3.8) is 0 Å². The van der Waals surface area contributed by atoms with E-state index >= 15 is 0 Å². The molecule has 0 bridgehead atoms. The minimum absolute atomic E-state index is 0.683. The van der Waals surface area contributed by atoms with Gasteiger partial charge in [0.1, 0.15) is 17.1 Å². The molecule has 0 amide bonds. The van der Waals surface area contributed by atoms with Crippen LogP contribution in [0.2, 0.25) is 0 Å². The van der Waals surface area contributed by atoms with Gasteiger partial charge in [-0.05, 0) is 61.7 Å². The fourth-order valence-corrected chi connectivity index (χ4v) is 4.10. The highest BCUT2D eigenvalue weighted by molar-refractivity contribution is 9.10. The molecule has 1 aliphatic rings. The second-order valence-corrected chi connectivity index (χ2v) is 8.58. The first kappa shape index (κ1) is 17.8. The van der Waals surface area contributed by atoms with Crippen molar-refractivity contribution >= 4 is 31.9 Å². The molecule has 2 nitrogen and oxygen atoms in total. The third kappa shape index (κ3) is 2.63. The van der Waals surface area contributed by atoms with Crippen LogP contribution in [0.3, 0.4) is 0 Å². The van der Waals surface area contributed by atoms with Crippen LogP contribution < -0.4 is 4.74 Å². The first-order valence-electron chi connectivity index (χ1n) is 8.39. The Labute approximate surface area is 170 Å². The predicted molar refractivity (Wildman–Crippen MR) is 111 cm³/mol. The Kier molecular flexibility index (Phi) is 4.25. The highest BCUT2D eigenvalue weighted by Crippen LogP contribution is 2.52. The van der Waals surface area contributed by atoms with E-state index in [1.807, 2.05) is 69.3 Å². The topological polar surface area (TPSA) is 29.5 Å². The summed E-state index contributed by atoms with van der Waals surface area (Å²) in [6, 6.07) is 15.9. The van der Waals surface area contributed by atoms with Gasteiger partial charge in [0.2, 0.25) is 0 Å². The van der Waals surface area contributed by atoms with Crippen molar-refractivity contribution < 1.29 is 9.84 Å². The third-order valence-corrected chi connectivity index (χ3v) is 6.70. The van der Waals surface area contributed by atoms with Gasteiger partial charge in [-0.1, -0.05) is 61.7 Å². The molecule has 4 rings (SSSR count). The molecule has 3 aromatic carbocycles. The molecule has 0 unspecified atom stereocenters. The zero-order chi connectivity index (χ0) is 18.6. The molecule has 0 aromatic heterocycles. The number of hydrogen-bond donors (Lipinski definition) is 1. The lowest BCUT2D eigenvalue weighted by atomic mass is 9.77. The van der Waals surface area contributed by atoms with E-state index in [2.05, 4.69) is 31.9 Å². The van der Waals surface area contributed by atoms with E-state index in [9.17, 15) is 5.11 Å². The first-order chi connectivity index (χ1) is 12.3. The van der Waals surface area contributed by atoms with Crippen LogP contribution >= 0.6 is 31.9 Å². The van der Waals surface area contributed by atoms with E-state index in [0.717, 1.165) is 42.3 Å². The van der Waals surface area contributed by atoms with E-state index in [-0.39, 0.29) is 0 Å². The van der Waals surface area contributed by atoms with Gasteiger partial charge in [0.05, 0.1) is 0 Å². The fourth-order valence-electron chi connectivity index (χ4n) is 3.41. The summed E-state index contributed by atoms with van der Waals surface area (Å²) < 4.78 is 8.08. The van der Waals surface area contributed by atoms with Gasteiger partial charge in [-0.2, -0.15) is 0 Å². The number of rotatable bonds is 1. The Morgan fingerprint density at radius 3 is 1.69 bits per heavy atom. The SMILES string of the molecule is Cc1ccc(C2(O)c3cc(Br)c(C)cc3Oc3cc(C)c(Br)cc32)cc1.